The first-order valence-corrected chi connectivity index (χ1v) is 13.8. The van der Waals surface area contributed by atoms with Crippen LogP contribution in [0.25, 0.3) is 0 Å². The van der Waals surface area contributed by atoms with Crippen LogP contribution in [0.1, 0.15) is 77.6 Å². The van der Waals surface area contributed by atoms with Crippen molar-refractivity contribution in [3.05, 3.63) is 12.2 Å². The van der Waals surface area contributed by atoms with E-state index in [1.54, 1.807) is 12.2 Å². The maximum absolute atomic E-state index is 12.2. The van der Waals surface area contributed by atoms with E-state index in [9.17, 15) is 19.8 Å². The molecule has 0 aliphatic heterocycles. The molecule has 200 valence electrons. The summed E-state index contributed by atoms with van der Waals surface area (Å²) in [6.45, 7) is 1.47. The van der Waals surface area contributed by atoms with Crippen molar-refractivity contribution in [1.82, 2.24) is 10.6 Å². The maximum atomic E-state index is 12.2. The zero-order chi connectivity index (χ0) is 26.2. The van der Waals surface area contributed by atoms with Gasteiger partial charge in [-0.05, 0) is 12.8 Å². The predicted octanol–water partition coefficient (Wildman–Crippen LogP) is 5.92. The molecule has 0 saturated heterocycles. The van der Waals surface area contributed by atoms with Gasteiger partial charge in [-0.2, -0.15) is 0 Å². The van der Waals surface area contributed by atoms with Crippen molar-refractivity contribution >= 4 is 81.4 Å². The third-order valence-corrected chi connectivity index (χ3v) is 6.20. The highest BCUT2D eigenvalue weighted by molar-refractivity contribution is 6.76. The van der Waals surface area contributed by atoms with Gasteiger partial charge in [-0.25, -0.2) is 0 Å². The number of allylic oxidation sites excluding steroid dienone is 1. The average Bonchev–Trinajstić information content (AvgIpc) is 2.75. The summed E-state index contributed by atoms with van der Waals surface area (Å²) in [5.74, 6) is -2.03. The van der Waals surface area contributed by atoms with Gasteiger partial charge >= 0.3 is 0 Å². The summed E-state index contributed by atoms with van der Waals surface area (Å²) < 4.78 is -4.60. The molecule has 0 aliphatic carbocycles. The summed E-state index contributed by atoms with van der Waals surface area (Å²) >= 11 is 33.7. The van der Waals surface area contributed by atoms with E-state index in [4.69, 9.17) is 69.6 Å². The highest BCUT2D eigenvalue weighted by atomic mass is 35.6. The van der Waals surface area contributed by atoms with Gasteiger partial charge in [-0.15, -0.1) is 0 Å². The van der Waals surface area contributed by atoms with Gasteiger partial charge in [0.2, 0.25) is 0 Å². The monoisotopic (exact) mass is 602 g/mol. The van der Waals surface area contributed by atoms with Crippen molar-refractivity contribution in [2.45, 2.75) is 103 Å². The fourth-order valence-electron chi connectivity index (χ4n) is 3.26. The highest BCUT2D eigenvalue weighted by Crippen LogP contribution is 2.28. The second kappa shape index (κ2) is 18.6. The van der Waals surface area contributed by atoms with Gasteiger partial charge in [0.05, 0.1) is 24.8 Å². The third-order valence-electron chi connectivity index (χ3n) is 5.17. The van der Waals surface area contributed by atoms with Gasteiger partial charge < -0.3 is 20.8 Å². The van der Waals surface area contributed by atoms with Crippen LogP contribution in [0, 0.1) is 0 Å². The number of amides is 2. The van der Waals surface area contributed by atoms with Crippen LogP contribution in [0.15, 0.2) is 12.2 Å². The van der Waals surface area contributed by atoms with Crippen molar-refractivity contribution < 1.29 is 19.8 Å². The van der Waals surface area contributed by atoms with E-state index in [0.717, 1.165) is 19.3 Å². The summed E-state index contributed by atoms with van der Waals surface area (Å²) in [5.41, 5.74) is 0. The molecule has 6 nitrogen and oxygen atoms in total. The molecule has 0 radical (unpaired) electrons. The lowest BCUT2D eigenvalue weighted by atomic mass is 10.0. The largest absolute Gasteiger partial charge is 0.394 e. The average molecular weight is 605 g/mol. The van der Waals surface area contributed by atoms with Gasteiger partial charge in [0.15, 0.2) is 0 Å². The predicted molar refractivity (Wildman–Crippen MR) is 143 cm³/mol. The Labute approximate surface area is 233 Å². The Hall–Kier alpha value is 0.340. The number of aliphatic hydroxyl groups is 2. The number of carbonyl (C=O) groups is 2. The second-order valence-corrected chi connectivity index (χ2v) is 12.7. The van der Waals surface area contributed by atoms with Crippen molar-refractivity contribution in [2.75, 3.05) is 6.61 Å². The Bertz CT molecular complexity index is 611. The number of halogens is 6. The van der Waals surface area contributed by atoms with Crippen LogP contribution >= 0.6 is 69.6 Å². The second-order valence-electron chi connectivity index (χ2n) is 8.14. The molecule has 34 heavy (non-hydrogen) atoms. The Balaban J connectivity index is 4.93. The minimum Gasteiger partial charge on any atom is -0.394 e. The molecule has 0 aromatic rings. The summed E-state index contributed by atoms with van der Waals surface area (Å²) in [7, 11) is 0. The molecule has 2 amide bonds. The molecule has 0 unspecified atom stereocenters. The number of alkyl halides is 6. The van der Waals surface area contributed by atoms with Crippen LogP contribution in [0.2, 0.25) is 0 Å². The minimum absolute atomic E-state index is 0.691. The van der Waals surface area contributed by atoms with E-state index in [-0.39, 0.29) is 0 Å². The van der Waals surface area contributed by atoms with Crippen LogP contribution in [0.4, 0.5) is 0 Å². The maximum Gasteiger partial charge on any atom is 0.272 e. The number of nitrogens with one attached hydrogen (secondary N) is 2. The van der Waals surface area contributed by atoms with E-state index in [1.165, 1.54) is 44.9 Å². The van der Waals surface area contributed by atoms with Gasteiger partial charge in [0.1, 0.15) is 0 Å². The fraction of sp³-hybridized carbons (Fsp3) is 0.818. The molecule has 0 fully saturated rings. The van der Waals surface area contributed by atoms with E-state index in [2.05, 4.69) is 17.6 Å². The number of unbranched alkanes of at least 4 members (excludes halogenated alkanes) is 10. The van der Waals surface area contributed by atoms with E-state index in [0.29, 0.717) is 6.42 Å². The summed E-state index contributed by atoms with van der Waals surface area (Å²) in [6.07, 6.45) is 14.5. The van der Waals surface area contributed by atoms with E-state index < -0.39 is 44.2 Å². The smallest absolute Gasteiger partial charge is 0.272 e. The molecule has 0 spiro atoms. The number of hydrogen-bond acceptors (Lipinski definition) is 4. The van der Waals surface area contributed by atoms with Gasteiger partial charge in [-0.3, -0.25) is 9.59 Å². The zero-order valence-corrected chi connectivity index (χ0v) is 23.9. The molecule has 0 heterocycles. The molecule has 0 aliphatic rings. The van der Waals surface area contributed by atoms with Gasteiger partial charge in [-0.1, -0.05) is 146 Å². The molecule has 0 rings (SSSR count). The topological polar surface area (TPSA) is 98.7 Å². The highest BCUT2D eigenvalue weighted by Gasteiger charge is 2.39. The van der Waals surface area contributed by atoms with Crippen LogP contribution in [-0.4, -0.2) is 54.4 Å². The van der Waals surface area contributed by atoms with Crippen molar-refractivity contribution in [1.29, 1.82) is 0 Å². The standard InChI is InChI=1S/C22H36Cl6N2O4/c1-2-3-4-5-6-7-8-9-10-11-12-13-14-16(29-19(33)21(23,24)25)18(17(32)15-31)30-20(34)22(26,27)28/h13-14,16-18,31-32H,2-12,15H2,1H3,(H,29,33)(H,30,34)/b14-13+/t16-,17-,18-/m1/s1. The van der Waals surface area contributed by atoms with Crippen LogP contribution < -0.4 is 10.6 Å². The molecule has 12 heteroatoms. The quantitative estimate of drug-likeness (QED) is 0.0941. The van der Waals surface area contributed by atoms with E-state index >= 15 is 0 Å². The normalized spacial score (nSPS) is 15.2. The molecular formula is C22H36Cl6N2O4. The Morgan fingerprint density at radius 3 is 1.68 bits per heavy atom. The lowest BCUT2D eigenvalue weighted by molar-refractivity contribution is -0.124. The molecule has 3 atom stereocenters. The van der Waals surface area contributed by atoms with Gasteiger partial charge in [0, 0.05) is 0 Å². The lowest BCUT2D eigenvalue weighted by Crippen LogP contribution is -2.60. The first-order valence-electron chi connectivity index (χ1n) is 11.6. The first kappa shape index (κ1) is 34.3. The fourth-order valence-corrected chi connectivity index (χ4v) is 3.58. The molecule has 4 N–H and O–H groups in total. The van der Waals surface area contributed by atoms with Crippen molar-refractivity contribution in [2.24, 2.45) is 0 Å². The van der Waals surface area contributed by atoms with Crippen LogP contribution in [-0.2, 0) is 9.59 Å². The van der Waals surface area contributed by atoms with Crippen LogP contribution in [0.3, 0.4) is 0 Å². The minimum atomic E-state index is -2.32. The Morgan fingerprint density at radius 2 is 1.24 bits per heavy atom. The molecule has 0 bridgehead atoms. The summed E-state index contributed by atoms with van der Waals surface area (Å²) in [4.78, 5) is 24.4. The first-order chi connectivity index (χ1) is 15.8. The number of carbonyl (C=O) groups excluding carboxylic acids is 2. The van der Waals surface area contributed by atoms with E-state index in [1.807, 2.05) is 0 Å². The lowest BCUT2D eigenvalue weighted by Gasteiger charge is -2.31. The molecule has 0 aromatic heterocycles. The Morgan fingerprint density at radius 1 is 0.794 bits per heavy atom. The number of aliphatic hydroxyl groups excluding tert-OH is 2. The summed E-state index contributed by atoms with van der Waals surface area (Å²) in [6, 6.07) is -2.31. The van der Waals surface area contributed by atoms with Crippen LogP contribution in [0.5, 0.6) is 0 Å². The van der Waals surface area contributed by atoms with Gasteiger partial charge in [0.25, 0.3) is 19.4 Å². The SMILES string of the molecule is CCCCCCCCCCCC/C=C/[C@@H](NC(=O)C(Cl)(Cl)Cl)[C@@H](NC(=O)C(Cl)(Cl)Cl)[C@H](O)CO. The van der Waals surface area contributed by atoms with Crippen molar-refractivity contribution in [3.8, 4) is 0 Å². The molecule has 0 aromatic carbocycles. The third kappa shape index (κ3) is 16.2. The Kier molecular flexibility index (Phi) is 18.7. The zero-order valence-electron chi connectivity index (χ0n) is 19.4. The molecule has 0 saturated carbocycles. The van der Waals surface area contributed by atoms with Crippen molar-refractivity contribution in [3.63, 3.8) is 0 Å². The number of hydrogen-bond donors (Lipinski definition) is 4. The molecular weight excluding hydrogens is 569 g/mol. The number of rotatable bonds is 17. The summed E-state index contributed by atoms with van der Waals surface area (Å²) in [5, 5.41) is 24.4.